The number of nitrogens with one attached hydrogen (secondary N) is 1. The Kier molecular flexibility index (Phi) is 6.40. The maximum atomic E-state index is 12.6. The van der Waals surface area contributed by atoms with E-state index in [1.165, 1.54) is 34.8 Å². The quantitative estimate of drug-likeness (QED) is 0.518. The maximum Gasteiger partial charge on any atom is 0.573 e. The number of aryl methyl sites for hydroxylation is 2. The third-order valence-electron chi connectivity index (χ3n) is 4.70. The van der Waals surface area contributed by atoms with E-state index in [1.807, 2.05) is 32.9 Å². The Hall–Kier alpha value is -2.63. The minimum atomic E-state index is -4.76. The summed E-state index contributed by atoms with van der Waals surface area (Å²) in [4.78, 5) is 13.2. The number of aromatic nitrogens is 2. The second-order valence-corrected chi connectivity index (χ2v) is 9.45. The predicted molar refractivity (Wildman–Crippen MR) is 116 cm³/mol. The highest BCUT2D eigenvalue weighted by Crippen LogP contribution is 2.35. The van der Waals surface area contributed by atoms with Crippen LogP contribution in [-0.2, 0) is 4.84 Å². The van der Waals surface area contributed by atoms with Crippen LogP contribution in [0, 0.1) is 20.8 Å². The van der Waals surface area contributed by atoms with Crippen molar-refractivity contribution < 1.29 is 22.7 Å². The largest absolute Gasteiger partial charge is 0.573 e. The molecule has 0 saturated heterocycles. The summed E-state index contributed by atoms with van der Waals surface area (Å²) in [7, 11) is 0. The summed E-state index contributed by atoms with van der Waals surface area (Å²) in [5.74, 6) is 0.207. The van der Waals surface area contributed by atoms with Crippen molar-refractivity contribution in [2.24, 2.45) is 4.99 Å². The topological polar surface area (TPSA) is 68.6 Å². The highest BCUT2D eigenvalue weighted by Gasteiger charge is 2.31. The third kappa shape index (κ3) is 5.22. The van der Waals surface area contributed by atoms with Gasteiger partial charge in [0, 0.05) is 14.6 Å². The zero-order valence-electron chi connectivity index (χ0n) is 17.4. The predicted octanol–water partition coefficient (Wildman–Crippen LogP) is 5.54. The summed E-state index contributed by atoms with van der Waals surface area (Å²) in [5, 5.41) is 8.98. The smallest absolute Gasteiger partial charge is 0.406 e. The number of alkyl halides is 3. The molecule has 6 nitrogen and oxygen atoms in total. The molecule has 4 rings (SSSR count). The van der Waals surface area contributed by atoms with Crippen molar-refractivity contribution in [2.45, 2.75) is 43.1 Å². The number of amidine groups is 1. The SMILES string of the molecule is Cc1ccc(C2CONC(c3c(Sc4cccc(OC(F)(F)F)c4)nnc(C)c3C)=N2)s1. The zero-order valence-corrected chi connectivity index (χ0v) is 19.0. The number of benzene rings is 1. The van der Waals surface area contributed by atoms with Gasteiger partial charge >= 0.3 is 6.36 Å². The Morgan fingerprint density at radius 3 is 2.69 bits per heavy atom. The first-order chi connectivity index (χ1) is 15.2. The van der Waals surface area contributed by atoms with Crippen LogP contribution in [0.5, 0.6) is 5.75 Å². The highest BCUT2D eigenvalue weighted by atomic mass is 32.2. The van der Waals surface area contributed by atoms with E-state index in [0.29, 0.717) is 27.9 Å². The van der Waals surface area contributed by atoms with Crippen LogP contribution in [0.4, 0.5) is 13.2 Å². The van der Waals surface area contributed by atoms with Crippen LogP contribution in [0.1, 0.15) is 32.6 Å². The normalized spacial score (nSPS) is 16.4. The molecule has 0 radical (unpaired) electrons. The van der Waals surface area contributed by atoms with Gasteiger partial charge in [0.15, 0.2) is 5.84 Å². The van der Waals surface area contributed by atoms with Gasteiger partial charge in [-0.15, -0.1) is 29.6 Å². The van der Waals surface area contributed by atoms with Gasteiger partial charge in [0.1, 0.15) is 23.4 Å². The molecule has 168 valence electrons. The molecular weight excluding hydrogens is 461 g/mol. The monoisotopic (exact) mass is 480 g/mol. The molecule has 32 heavy (non-hydrogen) atoms. The fraction of sp³-hybridized carbons (Fsp3) is 0.286. The second-order valence-electron chi connectivity index (χ2n) is 7.07. The molecular formula is C21H19F3N4O2S2. The number of hydrogen-bond donors (Lipinski definition) is 1. The van der Waals surface area contributed by atoms with Crippen molar-refractivity contribution in [1.82, 2.24) is 15.7 Å². The van der Waals surface area contributed by atoms with Gasteiger partial charge in [-0.05, 0) is 56.7 Å². The molecule has 1 aromatic carbocycles. The molecule has 0 saturated carbocycles. The standard InChI is InChI=1S/C21H19F3N4O2S2/c1-11-7-8-17(31-11)16-10-29-28-19(25-16)18-12(2)13(3)26-27-20(18)32-15-6-4-5-14(9-15)30-21(22,23)24/h4-9,16H,10H2,1-3H3,(H,25,28). The zero-order chi connectivity index (χ0) is 22.9. The van der Waals surface area contributed by atoms with Gasteiger partial charge < -0.3 is 4.74 Å². The molecule has 1 atom stereocenters. The van der Waals surface area contributed by atoms with Crippen molar-refractivity contribution in [2.75, 3.05) is 6.61 Å². The summed E-state index contributed by atoms with van der Waals surface area (Å²) < 4.78 is 41.8. The summed E-state index contributed by atoms with van der Waals surface area (Å²) in [5.41, 5.74) is 5.15. The average Bonchev–Trinajstić information content (AvgIpc) is 3.16. The minimum Gasteiger partial charge on any atom is -0.406 e. The number of hydroxylamine groups is 1. The molecule has 11 heteroatoms. The second kappa shape index (κ2) is 9.08. The number of rotatable bonds is 5. The Morgan fingerprint density at radius 1 is 1.16 bits per heavy atom. The van der Waals surface area contributed by atoms with Crippen molar-refractivity contribution in [3.8, 4) is 5.75 Å². The van der Waals surface area contributed by atoms with Crippen molar-refractivity contribution >= 4 is 28.9 Å². The number of nitrogens with zero attached hydrogens (tertiary/aromatic N) is 3. The lowest BCUT2D eigenvalue weighted by Gasteiger charge is -2.23. The lowest BCUT2D eigenvalue weighted by molar-refractivity contribution is -0.274. The van der Waals surface area contributed by atoms with Gasteiger partial charge in [-0.2, -0.15) is 5.10 Å². The van der Waals surface area contributed by atoms with E-state index in [0.717, 1.165) is 16.1 Å². The van der Waals surface area contributed by atoms with E-state index in [1.54, 1.807) is 17.4 Å². The summed E-state index contributed by atoms with van der Waals surface area (Å²) in [6.07, 6.45) is -4.76. The number of aliphatic imine (C=N–C) groups is 1. The molecule has 0 amide bonds. The maximum absolute atomic E-state index is 12.6. The van der Waals surface area contributed by atoms with Gasteiger partial charge in [-0.25, -0.2) is 5.48 Å². The van der Waals surface area contributed by atoms with Gasteiger partial charge in [-0.1, -0.05) is 17.8 Å². The van der Waals surface area contributed by atoms with Crippen LogP contribution in [0.15, 0.2) is 51.3 Å². The van der Waals surface area contributed by atoms with Crippen molar-refractivity contribution in [3.05, 3.63) is 63.0 Å². The first kappa shape index (κ1) is 22.6. The number of hydrogen-bond acceptors (Lipinski definition) is 8. The van der Waals surface area contributed by atoms with E-state index in [4.69, 9.17) is 9.83 Å². The molecule has 0 aliphatic carbocycles. The molecule has 2 aromatic heterocycles. The summed E-state index contributed by atoms with van der Waals surface area (Å²) in [6, 6.07) is 9.63. The fourth-order valence-corrected chi connectivity index (χ4v) is 4.96. The molecule has 3 heterocycles. The van der Waals surface area contributed by atoms with Crippen LogP contribution < -0.4 is 10.2 Å². The van der Waals surface area contributed by atoms with Gasteiger partial charge in [-0.3, -0.25) is 9.83 Å². The fourth-order valence-electron chi connectivity index (χ4n) is 3.09. The molecule has 0 fully saturated rings. The van der Waals surface area contributed by atoms with E-state index in [9.17, 15) is 13.2 Å². The minimum absolute atomic E-state index is 0.167. The number of halogens is 3. The Labute approximate surface area is 190 Å². The van der Waals surface area contributed by atoms with Crippen molar-refractivity contribution in [3.63, 3.8) is 0 Å². The highest BCUT2D eigenvalue weighted by molar-refractivity contribution is 7.99. The summed E-state index contributed by atoms with van der Waals surface area (Å²) >= 11 is 2.84. The first-order valence-corrected chi connectivity index (χ1v) is 11.2. The van der Waals surface area contributed by atoms with E-state index in [-0.39, 0.29) is 11.8 Å². The van der Waals surface area contributed by atoms with E-state index in [2.05, 4.69) is 20.4 Å². The molecule has 0 bridgehead atoms. The molecule has 1 unspecified atom stereocenters. The van der Waals surface area contributed by atoms with E-state index >= 15 is 0 Å². The Balaban J connectivity index is 1.69. The number of ether oxygens (including phenoxy) is 1. The first-order valence-electron chi connectivity index (χ1n) is 9.59. The molecule has 1 aliphatic heterocycles. The lowest BCUT2D eigenvalue weighted by Crippen LogP contribution is -2.33. The number of thiophene rings is 1. The Bertz CT molecular complexity index is 1160. The molecule has 3 aromatic rings. The van der Waals surface area contributed by atoms with Gasteiger partial charge in [0.2, 0.25) is 0 Å². The van der Waals surface area contributed by atoms with Crippen molar-refractivity contribution in [1.29, 1.82) is 0 Å². The van der Waals surface area contributed by atoms with Crippen LogP contribution in [0.3, 0.4) is 0 Å². The third-order valence-corrected chi connectivity index (χ3v) is 6.77. The van der Waals surface area contributed by atoms with Gasteiger partial charge in [0.05, 0.1) is 11.3 Å². The molecule has 0 spiro atoms. The van der Waals surface area contributed by atoms with E-state index < -0.39 is 6.36 Å². The van der Waals surface area contributed by atoms with Gasteiger partial charge in [0.25, 0.3) is 0 Å². The molecule has 1 aliphatic rings. The average molecular weight is 481 g/mol. The Morgan fingerprint density at radius 2 is 1.97 bits per heavy atom. The lowest BCUT2D eigenvalue weighted by atomic mass is 10.1. The summed E-state index contributed by atoms with van der Waals surface area (Å²) in [6.45, 7) is 6.16. The molecule has 1 N–H and O–H groups in total. The van der Waals surface area contributed by atoms with Crippen LogP contribution in [0.2, 0.25) is 0 Å². The van der Waals surface area contributed by atoms with Crippen LogP contribution >= 0.6 is 23.1 Å². The van der Waals surface area contributed by atoms with Crippen LogP contribution in [0.25, 0.3) is 0 Å². The van der Waals surface area contributed by atoms with Crippen LogP contribution in [-0.4, -0.2) is 29.0 Å².